The van der Waals surface area contributed by atoms with Crippen LogP contribution in [0.4, 0.5) is 4.39 Å². The van der Waals surface area contributed by atoms with Gasteiger partial charge in [0.15, 0.2) is 5.65 Å². The first-order valence-corrected chi connectivity index (χ1v) is 13.4. The Bertz CT molecular complexity index is 1560. The Morgan fingerprint density at radius 3 is 2.51 bits per heavy atom. The normalized spacial score (nSPS) is 21.3. The SMILES string of the molecule is CC(=O)NC1CCC(n2c(=O)c3cc(F)cnc3n(C3=CC=CC(c4ccc(CN(C)C)cc4)C3)c2=O)CC1. The number of fused-ring (bicyclic) bond motifs is 1. The molecule has 9 heteroatoms. The maximum atomic E-state index is 14.3. The number of carbonyl (C=O) groups excluding carboxylic acids is 1. The number of benzene rings is 1. The molecule has 5 rings (SSSR count). The van der Waals surface area contributed by atoms with Gasteiger partial charge in [-0.25, -0.2) is 18.7 Å². The second kappa shape index (κ2) is 11.1. The van der Waals surface area contributed by atoms with Crippen LogP contribution in [0.1, 0.15) is 62.1 Å². The summed E-state index contributed by atoms with van der Waals surface area (Å²) < 4.78 is 17.0. The fraction of sp³-hybridized carbons (Fsp3) is 0.400. The molecule has 1 N–H and O–H groups in total. The van der Waals surface area contributed by atoms with Crippen LogP contribution in [0.3, 0.4) is 0 Å². The molecule has 0 aliphatic heterocycles. The molecule has 0 spiro atoms. The maximum Gasteiger partial charge on any atom is 0.337 e. The topological polar surface area (TPSA) is 89.2 Å². The largest absolute Gasteiger partial charge is 0.354 e. The lowest BCUT2D eigenvalue weighted by atomic mass is 9.90. The minimum absolute atomic E-state index is 0.0207. The second-order valence-electron chi connectivity index (χ2n) is 10.9. The maximum absolute atomic E-state index is 14.3. The Morgan fingerprint density at radius 2 is 1.85 bits per heavy atom. The highest BCUT2D eigenvalue weighted by Gasteiger charge is 2.28. The quantitative estimate of drug-likeness (QED) is 0.520. The zero-order chi connectivity index (χ0) is 27.7. The van der Waals surface area contributed by atoms with Gasteiger partial charge in [-0.2, -0.15) is 0 Å². The summed E-state index contributed by atoms with van der Waals surface area (Å²) in [5.41, 5.74) is 2.22. The van der Waals surface area contributed by atoms with E-state index in [-0.39, 0.29) is 34.9 Å². The monoisotopic (exact) mass is 531 g/mol. The van der Waals surface area contributed by atoms with Crippen LogP contribution in [0.5, 0.6) is 0 Å². The second-order valence-corrected chi connectivity index (χ2v) is 10.9. The molecule has 1 fully saturated rings. The van der Waals surface area contributed by atoms with E-state index < -0.39 is 17.1 Å². The van der Waals surface area contributed by atoms with E-state index in [1.54, 1.807) is 0 Å². The first kappa shape index (κ1) is 26.7. The molecule has 0 saturated heterocycles. The van der Waals surface area contributed by atoms with Crippen LogP contribution in [-0.2, 0) is 11.3 Å². The van der Waals surface area contributed by atoms with Gasteiger partial charge >= 0.3 is 5.69 Å². The molecule has 1 aromatic carbocycles. The van der Waals surface area contributed by atoms with E-state index in [9.17, 15) is 18.8 Å². The van der Waals surface area contributed by atoms with Gasteiger partial charge in [0.25, 0.3) is 5.56 Å². The first-order chi connectivity index (χ1) is 18.7. The Labute approximate surface area is 226 Å². The lowest BCUT2D eigenvalue weighted by molar-refractivity contribution is -0.119. The fourth-order valence-electron chi connectivity index (χ4n) is 5.82. The third kappa shape index (κ3) is 5.63. The Hall–Kier alpha value is -3.85. The standard InChI is InChI=1S/C30H34FN5O3/c1-19(37)33-24-11-13-25(14-12-24)36-29(38)27-16-23(31)17-32-28(27)35(30(36)39)26-6-4-5-22(15-26)21-9-7-20(8-10-21)18-34(2)3/h4-10,16-17,22,24-25H,11-15,18H2,1-3H3,(H,33,37). The van der Waals surface area contributed by atoms with Crippen molar-refractivity contribution in [1.82, 2.24) is 24.3 Å². The van der Waals surface area contributed by atoms with Gasteiger partial charge in [0.2, 0.25) is 5.91 Å². The number of rotatable bonds is 6. The number of halogens is 1. The number of nitrogens with one attached hydrogen (secondary N) is 1. The van der Waals surface area contributed by atoms with E-state index in [4.69, 9.17) is 0 Å². The minimum Gasteiger partial charge on any atom is -0.354 e. The van der Waals surface area contributed by atoms with Gasteiger partial charge in [-0.05, 0) is 69.5 Å². The average molecular weight is 532 g/mol. The van der Waals surface area contributed by atoms with Crippen LogP contribution in [0.15, 0.2) is 64.3 Å². The van der Waals surface area contributed by atoms with Crippen LogP contribution < -0.4 is 16.6 Å². The summed E-state index contributed by atoms with van der Waals surface area (Å²) in [6, 6.07) is 9.30. The van der Waals surface area contributed by atoms with Crippen LogP contribution in [-0.4, -0.2) is 45.1 Å². The Balaban J connectivity index is 1.52. The van der Waals surface area contributed by atoms with Crippen molar-refractivity contribution in [2.45, 2.75) is 63.6 Å². The predicted molar refractivity (Wildman–Crippen MR) is 150 cm³/mol. The molecule has 1 amide bonds. The molecule has 3 aromatic rings. The predicted octanol–water partition coefficient (Wildman–Crippen LogP) is 3.96. The molecule has 8 nitrogen and oxygen atoms in total. The van der Waals surface area contributed by atoms with Crippen molar-refractivity contribution >= 4 is 22.6 Å². The van der Waals surface area contributed by atoms with E-state index >= 15 is 0 Å². The smallest absolute Gasteiger partial charge is 0.337 e. The van der Waals surface area contributed by atoms with Crippen molar-refractivity contribution in [2.75, 3.05) is 14.1 Å². The van der Waals surface area contributed by atoms with Crippen molar-refractivity contribution in [2.24, 2.45) is 0 Å². The summed E-state index contributed by atoms with van der Waals surface area (Å²) >= 11 is 0. The summed E-state index contributed by atoms with van der Waals surface area (Å²) in [7, 11) is 4.07. The number of nitrogens with zero attached hydrogens (tertiary/aromatic N) is 4. The van der Waals surface area contributed by atoms with Crippen molar-refractivity contribution in [1.29, 1.82) is 0 Å². The van der Waals surface area contributed by atoms with Gasteiger partial charge in [0.1, 0.15) is 5.82 Å². The lowest BCUT2D eigenvalue weighted by Crippen LogP contribution is -2.45. The molecule has 0 radical (unpaired) electrons. The molecule has 1 saturated carbocycles. The van der Waals surface area contributed by atoms with Crippen LogP contribution >= 0.6 is 0 Å². The summed E-state index contributed by atoms with van der Waals surface area (Å²) in [6.45, 7) is 2.34. The molecule has 0 bridgehead atoms. The van der Waals surface area contributed by atoms with Crippen molar-refractivity contribution in [3.05, 3.63) is 92.5 Å². The summed E-state index contributed by atoms with van der Waals surface area (Å²) in [6.07, 6.45) is 9.92. The highest BCUT2D eigenvalue weighted by molar-refractivity contribution is 5.78. The molecular weight excluding hydrogens is 497 g/mol. The van der Waals surface area contributed by atoms with Gasteiger partial charge < -0.3 is 10.2 Å². The zero-order valence-electron chi connectivity index (χ0n) is 22.6. The molecule has 2 aromatic heterocycles. The van der Waals surface area contributed by atoms with Crippen molar-refractivity contribution < 1.29 is 9.18 Å². The highest BCUT2D eigenvalue weighted by Crippen LogP contribution is 2.32. The zero-order valence-corrected chi connectivity index (χ0v) is 22.6. The first-order valence-electron chi connectivity index (χ1n) is 13.4. The number of allylic oxidation sites excluding steroid dienone is 4. The van der Waals surface area contributed by atoms with Gasteiger partial charge in [-0.15, -0.1) is 0 Å². The van der Waals surface area contributed by atoms with E-state index in [0.29, 0.717) is 37.8 Å². The summed E-state index contributed by atoms with van der Waals surface area (Å²) in [5.74, 6) is -0.683. The lowest BCUT2D eigenvalue weighted by Gasteiger charge is -2.30. The molecule has 204 valence electrons. The number of pyridine rings is 1. The molecular formula is C30H34FN5O3. The fourth-order valence-corrected chi connectivity index (χ4v) is 5.82. The number of amides is 1. The molecule has 1 atom stereocenters. The molecule has 2 heterocycles. The number of hydrogen-bond acceptors (Lipinski definition) is 5. The van der Waals surface area contributed by atoms with Crippen LogP contribution in [0.2, 0.25) is 0 Å². The number of hydrogen-bond donors (Lipinski definition) is 1. The minimum atomic E-state index is -0.626. The van der Waals surface area contributed by atoms with Crippen LogP contribution in [0, 0.1) is 5.82 Å². The molecule has 39 heavy (non-hydrogen) atoms. The van der Waals surface area contributed by atoms with Crippen molar-refractivity contribution in [3.63, 3.8) is 0 Å². The average Bonchev–Trinajstić information content (AvgIpc) is 2.90. The highest BCUT2D eigenvalue weighted by atomic mass is 19.1. The molecule has 2 aliphatic rings. The Kier molecular flexibility index (Phi) is 7.61. The van der Waals surface area contributed by atoms with Gasteiger partial charge in [-0.3, -0.25) is 14.2 Å². The summed E-state index contributed by atoms with van der Waals surface area (Å²) in [4.78, 5) is 45.3. The number of carbonyl (C=O) groups is 1. The van der Waals surface area contributed by atoms with Crippen LogP contribution in [0.25, 0.3) is 16.7 Å². The Morgan fingerprint density at radius 1 is 1.13 bits per heavy atom. The molecule has 1 unspecified atom stereocenters. The van der Waals surface area contributed by atoms with E-state index in [0.717, 1.165) is 18.3 Å². The summed E-state index contributed by atoms with van der Waals surface area (Å²) in [5, 5.41) is 3.01. The van der Waals surface area contributed by atoms with Gasteiger partial charge in [-0.1, -0.05) is 36.4 Å². The third-order valence-electron chi connectivity index (χ3n) is 7.62. The van der Waals surface area contributed by atoms with Crippen molar-refractivity contribution in [3.8, 4) is 0 Å². The third-order valence-corrected chi connectivity index (χ3v) is 7.62. The molecule has 2 aliphatic carbocycles. The van der Waals surface area contributed by atoms with Gasteiger partial charge in [0.05, 0.1) is 11.6 Å². The van der Waals surface area contributed by atoms with Gasteiger partial charge in [0, 0.05) is 37.2 Å². The van der Waals surface area contributed by atoms with E-state index in [1.165, 1.54) is 27.7 Å². The van der Waals surface area contributed by atoms with E-state index in [2.05, 4.69) is 45.5 Å². The number of aromatic nitrogens is 3. The van der Waals surface area contributed by atoms with E-state index in [1.807, 2.05) is 26.2 Å².